The maximum atomic E-state index is 12.7. The van der Waals surface area contributed by atoms with E-state index in [-0.39, 0.29) is 16.7 Å². The minimum absolute atomic E-state index is 0.00807. The van der Waals surface area contributed by atoms with E-state index < -0.39 is 10.0 Å². The molecule has 162 valence electrons. The molecule has 0 radical (unpaired) electrons. The first-order valence-corrected chi connectivity index (χ1v) is 12.1. The first-order chi connectivity index (χ1) is 14.4. The van der Waals surface area contributed by atoms with Gasteiger partial charge in [0.15, 0.2) is 0 Å². The predicted octanol–water partition coefficient (Wildman–Crippen LogP) is 3.57. The number of sulfonamides is 1. The van der Waals surface area contributed by atoms with Crippen molar-refractivity contribution >= 4 is 21.6 Å². The zero-order chi connectivity index (χ0) is 21.6. The Balaban J connectivity index is 1.53. The Kier molecular flexibility index (Phi) is 7.64. The number of piperidine rings is 1. The Labute approximate surface area is 179 Å². The minimum atomic E-state index is -3.48. The van der Waals surface area contributed by atoms with Crippen molar-refractivity contribution in [1.82, 2.24) is 9.21 Å². The van der Waals surface area contributed by atoms with Crippen LogP contribution in [0.4, 0.5) is 5.69 Å². The van der Waals surface area contributed by atoms with Gasteiger partial charge >= 0.3 is 0 Å². The molecule has 0 saturated carbocycles. The van der Waals surface area contributed by atoms with Crippen molar-refractivity contribution in [3.05, 3.63) is 60.2 Å². The molecular weight excluding hydrogens is 398 g/mol. The first-order valence-electron chi connectivity index (χ1n) is 10.6. The first kappa shape index (κ1) is 22.5. The van der Waals surface area contributed by atoms with E-state index in [9.17, 15) is 13.2 Å². The van der Waals surface area contributed by atoms with Crippen molar-refractivity contribution in [3.8, 4) is 0 Å². The maximum Gasteiger partial charge on any atom is 0.243 e. The lowest BCUT2D eigenvalue weighted by Crippen LogP contribution is -2.37. The number of rotatable bonds is 8. The van der Waals surface area contributed by atoms with Crippen LogP contribution in [0.1, 0.15) is 32.3 Å². The highest BCUT2D eigenvalue weighted by molar-refractivity contribution is 7.89. The van der Waals surface area contributed by atoms with Crippen LogP contribution < -0.4 is 5.32 Å². The third-order valence-electron chi connectivity index (χ3n) is 5.67. The fourth-order valence-electron chi connectivity index (χ4n) is 3.86. The van der Waals surface area contributed by atoms with E-state index in [1.807, 2.05) is 32.0 Å². The van der Waals surface area contributed by atoms with Gasteiger partial charge in [-0.1, -0.05) is 44.2 Å². The third kappa shape index (κ3) is 5.47. The molecule has 0 spiro atoms. The number of likely N-dealkylation sites (tertiary alicyclic amines) is 1. The van der Waals surface area contributed by atoms with Gasteiger partial charge in [0.1, 0.15) is 0 Å². The van der Waals surface area contributed by atoms with Gasteiger partial charge in [0, 0.05) is 31.2 Å². The highest BCUT2D eigenvalue weighted by Gasteiger charge is 2.25. The van der Waals surface area contributed by atoms with E-state index in [4.69, 9.17) is 0 Å². The molecular formula is C23H31N3O3S. The number of carbonyl (C=O) groups is 1. The van der Waals surface area contributed by atoms with Crippen LogP contribution in [0.15, 0.2) is 59.5 Å². The number of hydrogen-bond donors (Lipinski definition) is 1. The number of hydrogen-bond acceptors (Lipinski definition) is 4. The van der Waals surface area contributed by atoms with Crippen LogP contribution in [0.25, 0.3) is 0 Å². The summed E-state index contributed by atoms with van der Waals surface area (Å²) in [4.78, 5) is 15.3. The Morgan fingerprint density at radius 2 is 1.60 bits per heavy atom. The summed E-state index contributed by atoms with van der Waals surface area (Å²) in [5.41, 5.74) is 1.92. The van der Waals surface area contributed by atoms with Crippen LogP contribution in [0.3, 0.4) is 0 Å². The van der Waals surface area contributed by atoms with E-state index >= 15 is 0 Å². The second-order valence-corrected chi connectivity index (χ2v) is 9.58. The molecule has 3 rings (SSSR count). The average molecular weight is 430 g/mol. The van der Waals surface area contributed by atoms with Crippen molar-refractivity contribution in [3.63, 3.8) is 0 Å². The lowest BCUT2D eigenvalue weighted by Gasteiger charge is -2.31. The number of nitrogens with zero attached hydrogens (tertiary/aromatic N) is 2. The zero-order valence-corrected chi connectivity index (χ0v) is 18.6. The van der Waals surface area contributed by atoms with E-state index in [1.165, 1.54) is 9.87 Å². The van der Waals surface area contributed by atoms with Crippen molar-refractivity contribution in [2.24, 2.45) is 5.92 Å². The fourth-order valence-corrected chi connectivity index (χ4v) is 5.32. The van der Waals surface area contributed by atoms with Gasteiger partial charge in [-0.15, -0.1) is 0 Å². The Hall–Kier alpha value is -2.22. The molecule has 1 aliphatic rings. The lowest BCUT2D eigenvalue weighted by atomic mass is 9.95. The Morgan fingerprint density at radius 1 is 1.00 bits per heavy atom. The summed E-state index contributed by atoms with van der Waals surface area (Å²) in [6.45, 7) is 7.21. The summed E-state index contributed by atoms with van der Waals surface area (Å²) in [7, 11) is -3.48. The van der Waals surface area contributed by atoms with E-state index in [0.29, 0.717) is 18.8 Å². The third-order valence-corrected chi connectivity index (χ3v) is 7.74. The fraction of sp³-hybridized carbons (Fsp3) is 0.435. The van der Waals surface area contributed by atoms with E-state index in [1.54, 1.807) is 24.3 Å². The maximum absolute atomic E-state index is 12.7. The Morgan fingerprint density at radius 3 is 2.17 bits per heavy atom. The second kappa shape index (κ2) is 10.2. The molecule has 1 amide bonds. The molecule has 1 saturated heterocycles. The lowest BCUT2D eigenvalue weighted by molar-refractivity contribution is -0.121. The average Bonchev–Trinajstić information content (AvgIpc) is 2.76. The highest BCUT2D eigenvalue weighted by atomic mass is 32.2. The quantitative estimate of drug-likeness (QED) is 0.697. The van der Waals surface area contributed by atoms with Crippen molar-refractivity contribution in [2.75, 3.05) is 31.5 Å². The molecule has 1 heterocycles. The number of benzene rings is 2. The van der Waals surface area contributed by atoms with Gasteiger partial charge in [0.05, 0.1) is 4.90 Å². The monoisotopic (exact) mass is 429 g/mol. The molecule has 0 unspecified atom stereocenters. The van der Waals surface area contributed by atoms with Crippen LogP contribution in [0.5, 0.6) is 0 Å². The topological polar surface area (TPSA) is 69.7 Å². The van der Waals surface area contributed by atoms with Crippen molar-refractivity contribution in [1.29, 1.82) is 0 Å². The SMILES string of the molecule is CCN(CC)S(=O)(=O)c1ccc(NC(=O)C2CCN(Cc3ccccc3)CC2)cc1. The molecule has 0 aromatic heterocycles. The van der Waals surface area contributed by atoms with Gasteiger partial charge < -0.3 is 5.32 Å². The largest absolute Gasteiger partial charge is 0.326 e. The Bertz CT molecular complexity index is 918. The van der Waals surface area contributed by atoms with Crippen LogP contribution in [0.2, 0.25) is 0 Å². The normalized spacial score (nSPS) is 16.0. The molecule has 1 fully saturated rings. The van der Waals surface area contributed by atoms with E-state index in [2.05, 4.69) is 22.3 Å². The van der Waals surface area contributed by atoms with Crippen molar-refractivity contribution in [2.45, 2.75) is 38.1 Å². The zero-order valence-electron chi connectivity index (χ0n) is 17.8. The van der Waals surface area contributed by atoms with Gasteiger partial charge in [-0.25, -0.2) is 8.42 Å². The summed E-state index contributed by atoms with van der Waals surface area (Å²) < 4.78 is 26.6. The minimum Gasteiger partial charge on any atom is -0.326 e. The molecule has 2 aromatic rings. The summed E-state index contributed by atoms with van der Waals surface area (Å²) in [5.74, 6) is -0.00943. The molecule has 0 atom stereocenters. The highest BCUT2D eigenvalue weighted by Crippen LogP contribution is 2.22. The van der Waals surface area contributed by atoms with Crippen molar-refractivity contribution < 1.29 is 13.2 Å². The van der Waals surface area contributed by atoms with Gasteiger partial charge in [0.2, 0.25) is 15.9 Å². The van der Waals surface area contributed by atoms with Crippen LogP contribution in [-0.2, 0) is 21.4 Å². The molecule has 1 aliphatic heterocycles. The number of nitrogens with one attached hydrogen (secondary N) is 1. The molecule has 30 heavy (non-hydrogen) atoms. The number of amides is 1. The van der Waals surface area contributed by atoms with Gasteiger partial charge in [-0.3, -0.25) is 9.69 Å². The second-order valence-electron chi connectivity index (χ2n) is 7.64. The van der Waals surface area contributed by atoms with Crippen LogP contribution in [-0.4, -0.2) is 49.7 Å². The summed E-state index contributed by atoms with van der Waals surface area (Å²) in [6.07, 6.45) is 1.65. The summed E-state index contributed by atoms with van der Waals surface area (Å²) in [5, 5.41) is 2.95. The standard InChI is InChI=1S/C23H31N3O3S/c1-3-26(4-2)30(28,29)22-12-10-21(11-13-22)24-23(27)20-14-16-25(17-15-20)18-19-8-6-5-7-9-19/h5-13,20H,3-4,14-18H2,1-2H3,(H,24,27). The number of carbonyl (C=O) groups excluding carboxylic acids is 1. The van der Waals surface area contributed by atoms with Crippen LogP contribution >= 0.6 is 0 Å². The van der Waals surface area contributed by atoms with E-state index in [0.717, 1.165) is 32.5 Å². The molecule has 7 heteroatoms. The molecule has 6 nitrogen and oxygen atoms in total. The van der Waals surface area contributed by atoms with Gasteiger partial charge in [-0.05, 0) is 55.8 Å². The molecule has 0 aliphatic carbocycles. The smallest absolute Gasteiger partial charge is 0.243 e. The summed E-state index contributed by atoms with van der Waals surface area (Å²) >= 11 is 0. The molecule has 0 bridgehead atoms. The number of anilines is 1. The predicted molar refractivity (Wildman–Crippen MR) is 120 cm³/mol. The molecule has 2 aromatic carbocycles. The molecule has 1 N–H and O–H groups in total. The van der Waals surface area contributed by atoms with Gasteiger partial charge in [0.25, 0.3) is 0 Å². The summed E-state index contributed by atoms with van der Waals surface area (Å²) in [6, 6.07) is 16.8. The van der Waals surface area contributed by atoms with Crippen LogP contribution in [0, 0.1) is 5.92 Å². The van der Waals surface area contributed by atoms with Gasteiger partial charge in [-0.2, -0.15) is 4.31 Å².